The van der Waals surface area contributed by atoms with Gasteiger partial charge in [-0.25, -0.2) is 4.98 Å². The van der Waals surface area contributed by atoms with Gasteiger partial charge in [0.15, 0.2) is 0 Å². The summed E-state index contributed by atoms with van der Waals surface area (Å²) in [5.41, 5.74) is 8.70. The monoisotopic (exact) mass is 352 g/mol. The van der Waals surface area contributed by atoms with Gasteiger partial charge in [-0.15, -0.1) is 0 Å². The number of nitrogens with two attached hydrogens (primary N) is 1. The second-order valence-electron chi connectivity index (χ2n) is 7.97. The van der Waals surface area contributed by atoms with Crippen molar-refractivity contribution in [3.63, 3.8) is 0 Å². The van der Waals surface area contributed by atoms with Crippen molar-refractivity contribution in [3.05, 3.63) is 54.1 Å². The van der Waals surface area contributed by atoms with E-state index in [1.54, 1.807) is 6.20 Å². The first-order valence-corrected chi connectivity index (χ1v) is 9.76. The van der Waals surface area contributed by atoms with Crippen molar-refractivity contribution in [2.45, 2.75) is 51.2 Å². The number of nitrogens with zero attached hydrogens (tertiary/aromatic N) is 2. The standard InChI is InChI=1S/C21H28N4O/c22-20-17-2-1-3-18(20)11-19(10-17)21(26)24-12-15-4-6-16(7-5-15)13-25-9-8-23-14-25/h4-9,14,17-20H,1-3,10-13,22H2,(H,24,26). The molecule has 2 fully saturated rings. The van der Waals surface area contributed by atoms with E-state index in [2.05, 4.69) is 34.6 Å². The van der Waals surface area contributed by atoms with Crippen LogP contribution in [0.25, 0.3) is 0 Å². The SMILES string of the molecule is NC1C2CCCC1CC(C(=O)NCc1ccc(Cn3ccnc3)cc1)C2. The van der Waals surface area contributed by atoms with Gasteiger partial charge in [0.05, 0.1) is 6.33 Å². The molecule has 1 aromatic heterocycles. The largest absolute Gasteiger partial charge is 0.352 e. The molecule has 2 unspecified atom stereocenters. The van der Waals surface area contributed by atoms with E-state index in [9.17, 15) is 4.79 Å². The summed E-state index contributed by atoms with van der Waals surface area (Å²) in [5.74, 6) is 1.43. The molecule has 2 bridgehead atoms. The van der Waals surface area contributed by atoms with E-state index in [1.807, 2.05) is 17.1 Å². The molecule has 0 spiro atoms. The van der Waals surface area contributed by atoms with Crippen LogP contribution in [0.2, 0.25) is 0 Å². The lowest BCUT2D eigenvalue weighted by molar-refractivity contribution is -0.128. The zero-order chi connectivity index (χ0) is 17.9. The first kappa shape index (κ1) is 17.3. The Hall–Kier alpha value is -2.14. The number of fused-ring (bicyclic) bond motifs is 2. The second-order valence-corrected chi connectivity index (χ2v) is 7.97. The lowest BCUT2D eigenvalue weighted by atomic mass is 9.65. The van der Waals surface area contributed by atoms with Gasteiger partial charge in [-0.05, 0) is 48.6 Å². The number of hydrogen-bond donors (Lipinski definition) is 2. The van der Waals surface area contributed by atoms with E-state index in [1.165, 1.54) is 24.8 Å². The molecule has 0 aliphatic heterocycles. The fourth-order valence-corrected chi connectivity index (χ4v) is 4.69. The molecule has 3 N–H and O–H groups in total. The van der Waals surface area contributed by atoms with E-state index < -0.39 is 0 Å². The third kappa shape index (κ3) is 3.83. The highest BCUT2D eigenvalue weighted by atomic mass is 16.1. The number of carbonyl (C=O) groups excluding carboxylic acids is 1. The lowest BCUT2D eigenvalue weighted by Crippen LogP contribution is -2.49. The van der Waals surface area contributed by atoms with Crippen LogP contribution in [0.15, 0.2) is 43.0 Å². The zero-order valence-electron chi connectivity index (χ0n) is 15.2. The minimum atomic E-state index is 0.144. The van der Waals surface area contributed by atoms with Gasteiger partial charge in [-0.3, -0.25) is 4.79 Å². The molecule has 5 nitrogen and oxygen atoms in total. The number of aromatic nitrogens is 2. The highest BCUT2D eigenvalue weighted by molar-refractivity contribution is 5.78. The average Bonchev–Trinajstić information content (AvgIpc) is 3.14. The van der Waals surface area contributed by atoms with Crippen LogP contribution >= 0.6 is 0 Å². The topological polar surface area (TPSA) is 72.9 Å². The molecule has 2 saturated carbocycles. The van der Waals surface area contributed by atoms with Gasteiger partial charge in [-0.1, -0.05) is 30.7 Å². The number of imidazole rings is 1. The van der Waals surface area contributed by atoms with Crippen molar-refractivity contribution in [1.82, 2.24) is 14.9 Å². The van der Waals surface area contributed by atoms with E-state index in [-0.39, 0.29) is 11.8 Å². The highest BCUT2D eigenvalue weighted by Gasteiger charge is 2.40. The minimum Gasteiger partial charge on any atom is -0.352 e. The van der Waals surface area contributed by atoms with Crippen molar-refractivity contribution in [1.29, 1.82) is 0 Å². The fourth-order valence-electron chi connectivity index (χ4n) is 4.69. The summed E-state index contributed by atoms with van der Waals surface area (Å²) in [6.45, 7) is 1.42. The third-order valence-corrected chi connectivity index (χ3v) is 6.20. The van der Waals surface area contributed by atoms with Gasteiger partial charge in [-0.2, -0.15) is 0 Å². The number of benzene rings is 1. The van der Waals surface area contributed by atoms with Crippen molar-refractivity contribution < 1.29 is 4.79 Å². The van der Waals surface area contributed by atoms with Crippen LogP contribution in [0.3, 0.4) is 0 Å². The molecule has 1 amide bonds. The molecule has 0 saturated heterocycles. The first-order chi connectivity index (χ1) is 12.7. The van der Waals surface area contributed by atoms with Gasteiger partial charge in [0.25, 0.3) is 0 Å². The maximum absolute atomic E-state index is 12.6. The van der Waals surface area contributed by atoms with Crippen LogP contribution in [0.4, 0.5) is 0 Å². The number of hydrogen-bond acceptors (Lipinski definition) is 3. The molecule has 1 heterocycles. The molecule has 2 aliphatic carbocycles. The Morgan fingerprint density at radius 3 is 2.50 bits per heavy atom. The Kier molecular flexibility index (Phi) is 5.07. The van der Waals surface area contributed by atoms with Gasteiger partial charge < -0.3 is 15.6 Å². The molecule has 138 valence electrons. The predicted octanol–water partition coefficient (Wildman–Crippen LogP) is 2.70. The first-order valence-electron chi connectivity index (χ1n) is 9.76. The lowest BCUT2D eigenvalue weighted by Gasteiger charge is -2.43. The minimum absolute atomic E-state index is 0.144. The molecule has 2 atom stereocenters. The van der Waals surface area contributed by atoms with Crippen molar-refractivity contribution in [2.24, 2.45) is 23.5 Å². The Bertz CT molecular complexity index is 711. The third-order valence-electron chi connectivity index (χ3n) is 6.20. The van der Waals surface area contributed by atoms with Gasteiger partial charge in [0, 0.05) is 37.4 Å². The Morgan fingerprint density at radius 1 is 1.15 bits per heavy atom. The number of carbonyl (C=O) groups is 1. The predicted molar refractivity (Wildman–Crippen MR) is 101 cm³/mol. The van der Waals surface area contributed by atoms with Crippen LogP contribution < -0.4 is 11.1 Å². The molecule has 0 radical (unpaired) electrons. The number of rotatable bonds is 5. The van der Waals surface area contributed by atoms with Gasteiger partial charge in [0.1, 0.15) is 0 Å². The summed E-state index contributed by atoms with van der Waals surface area (Å²) >= 11 is 0. The smallest absolute Gasteiger partial charge is 0.223 e. The van der Waals surface area contributed by atoms with E-state index in [0.717, 1.165) is 24.9 Å². The molecular weight excluding hydrogens is 324 g/mol. The van der Waals surface area contributed by atoms with Crippen LogP contribution in [-0.4, -0.2) is 21.5 Å². The summed E-state index contributed by atoms with van der Waals surface area (Å²) in [6.07, 6.45) is 11.2. The zero-order valence-corrected chi connectivity index (χ0v) is 15.2. The Morgan fingerprint density at radius 2 is 1.85 bits per heavy atom. The molecule has 26 heavy (non-hydrogen) atoms. The van der Waals surface area contributed by atoms with E-state index in [0.29, 0.717) is 24.4 Å². The maximum atomic E-state index is 12.6. The van der Waals surface area contributed by atoms with Crippen LogP contribution in [0.1, 0.15) is 43.2 Å². The molecule has 2 aliphatic rings. The van der Waals surface area contributed by atoms with Crippen LogP contribution in [0.5, 0.6) is 0 Å². The van der Waals surface area contributed by atoms with Crippen molar-refractivity contribution in [3.8, 4) is 0 Å². The quantitative estimate of drug-likeness (QED) is 0.869. The van der Waals surface area contributed by atoms with Crippen LogP contribution in [-0.2, 0) is 17.9 Å². The average molecular weight is 352 g/mol. The molecule has 5 heteroatoms. The van der Waals surface area contributed by atoms with Crippen molar-refractivity contribution >= 4 is 5.91 Å². The number of amides is 1. The number of nitrogens with one attached hydrogen (secondary N) is 1. The maximum Gasteiger partial charge on any atom is 0.223 e. The highest BCUT2D eigenvalue weighted by Crippen LogP contribution is 2.41. The van der Waals surface area contributed by atoms with E-state index >= 15 is 0 Å². The summed E-state index contributed by atoms with van der Waals surface area (Å²) in [4.78, 5) is 16.7. The van der Waals surface area contributed by atoms with Gasteiger partial charge in [0.2, 0.25) is 5.91 Å². The van der Waals surface area contributed by atoms with Crippen molar-refractivity contribution in [2.75, 3.05) is 0 Å². The Balaban J connectivity index is 1.29. The molecule has 4 rings (SSSR count). The summed E-state index contributed by atoms with van der Waals surface area (Å²) in [7, 11) is 0. The summed E-state index contributed by atoms with van der Waals surface area (Å²) < 4.78 is 2.04. The fraction of sp³-hybridized carbons (Fsp3) is 0.524. The van der Waals surface area contributed by atoms with Crippen LogP contribution in [0, 0.1) is 17.8 Å². The van der Waals surface area contributed by atoms with E-state index in [4.69, 9.17) is 5.73 Å². The molecule has 2 aromatic rings. The molecular formula is C21H28N4O. The normalized spacial score (nSPS) is 27.9. The second kappa shape index (κ2) is 7.62. The summed E-state index contributed by atoms with van der Waals surface area (Å²) in [6, 6.07) is 8.74. The Labute approximate surface area is 155 Å². The molecule has 1 aromatic carbocycles. The van der Waals surface area contributed by atoms with Gasteiger partial charge >= 0.3 is 0 Å². The summed E-state index contributed by atoms with van der Waals surface area (Å²) in [5, 5.41) is 3.14.